The van der Waals surface area contributed by atoms with E-state index in [2.05, 4.69) is 5.32 Å². The van der Waals surface area contributed by atoms with Crippen LogP contribution in [0.15, 0.2) is 36.4 Å². The second kappa shape index (κ2) is 7.73. The van der Waals surface area contributed by atoms with Crippen LogP contribution in [0.1, 0.15) is 36.0 Å². The average molecular weight is 329 g/mol. The first-order valence-corrected chi connectivity index (χ1v) is 9.29. The highest BCUT2D eigenvalue weighted by atomic mass is 32.2. The SMILES string of the molecule is COc1cc2ccccc2cc1C(=O)NCCSC1CCCC1. The van der Waals surface area contributed by atoms with Gasteiger partial charge in [-0.3, -0.25) is 4.79 Å². The molecule has 4 heteroatoms. The fraction of sp³-hybridized carbons (Fsp3) is 0.421. The number of carbonyl (C=O) groups excluding carboxylic acids is 1. The van der Waals surface area contributed by atoms with Crippen LogP contribution >= 0.6 is 11.8 Å². The molecule has 2 aromatic rings. The van der Waals surface area contributed by atoms with E-state index < -0.39 is 0 Å². The summed E-state index contributed by atoms with van der Waals surface area (Å²) in [7, 11) is 1.61. The maximum Gasteiger partial charge on any atom is 0.255 e. The highest BCUT2D eigenvalue weighted by molar-refractivity contribution is 7.99. The van der Waals surface area contributed by atoms with Crippen LogP contribution in [-0.2, 0) is 0 Å². The molecule has 1 saturated carbocycles. The molecule has 1 aliphatic rings. The monoisotopic (exact) mass is 329 g/mol. The molecule has 0 unspecified atom stereocenters. The van der Waals surface area contributed by atoms with Crippen LogP contribution < -0.4 is 10.1 Å². The van der Waals surface area contributed by atoms with Crippen molar-refractivity contribution in [2.24, 2.45) is 0 Å². The summed E-state index contributed by atoms with van der Waals surface area (Å²) < 4.78 is 5.40. The minimum Gasteiger partial charge on any atom is -0.496 e. The summed E-state index contributed by atoms with van der Waals surface area (Å²) in [6.45, 7) is 0.704. The number of ether oxygens (including phenoxy) is 1. The highest BCUT2D eigenvalue weighted by Crippen LogP contribution is 2.29. The van der Waals surface area contributed by atoms with E-state index in [4.69, 9.17) is 4.74 Å². The summed E-state index contributed by atoms with van der Waals surface area (Å²) in [5, 5.41) is 5.95. The third-order valence-corrected chi connectivity index (χ3v) is 5.74. The van der Waals surface area contributed by atoms with Crippen LogP contribution in [0.25, 0.3) is 10.8 Å². The Morgan fingerprint density at radius 3 is 2.61 bits per heavy atom. The van der Waals surface area contributed by atoms with E-state index in [0.717, 1.165) is 21.8 Å². The van der Waals surface area contributed by atoms with E-state index in [-0.39, 0.29) is 5.91 Å². The van der Waals surface area contributed by atoms with E-state index in [0.29, 0.717) is 17.9 Å². The lowest BCUT2D eigenvalue weighted by Crippen LogP contribution is -2.26. The quantitative estimate of drug-likeness (QED) is 0.805. The zero-order chi connectivity index (χ0) is 16.1. The van der Waals surface area contributed by atoms with Gasteiger partial charge in [-0.2, -0.15) is 11.8 Å². The number of thioether (sulfide) groups is 1. The number of methoxy groups -OCH3 is 1. The molecular weight excluding hydrogens is 306 g/mol. The van der Waals surface area contributed by atoms with Crippen molar-refractivity contribution in [3.8, 4) is 5.75 Å². The lowest BCUT2D eigenvalue weighted by molar-refractivity contribution is 0.0953. The van der Waals surface area contributed by atoms with Crippen molar-refractivity contribution >= 4 is 28.4 Å². The maximum atomic E-state index is 12.5. The maximum absolute atomic E-state index is 12.5. The molecule has 0 aliphatic heterocycles. The van der Waals surface area contributed by atoms with Gasteiger partial charge in [0, 0.05) is 17.5 Å². The Kier molecular flexibility index (Phi) is 5.44. The van der Waals surface area contributed by atoms with E-state index in [1.807, 2.05) is 48.2 Å². The topological polar surface area (TPSA) is 38.3 Å². The summed E-state index contributed by atoms with van der Waals surface area (Å²) in [4.78, 5) is 12.5. The van der Waals surface area contributed by atoms with Crippen LogP contribution in [0.4, 0.5) is 0 Å². The van der Waals surface area contributed by atoms with Crippen molar-refractivity contribution in [2.45, 2.75) is 30.9 Å². The second-order valence-corrected chi connectivity index (χ2v) is 7.34. The summed E-state index contributed by atoms with van der Waals surface area (Å²) in [6, 6.07) is 11.8. The summed E-state index contributed by atoms with van der Waals surface area (Å²) in [5.41, 5.74) is 0.608. The van der Waals surface area contributed by atoms with Gasteiger partial charge in [0.1, 0.15) is 5.75 Å². The van der Waals surface area contributed by atoms with Crippen molar-refractivity contribution in [3.63, 3.8) is 0 Å². The number of rotatable bonds is 6. The predicted octanol–water partition coefficient (Wildman–Crippen LogP) is 4.25. The zero-order valence-electron chi connectivity index (χ0n) is 13.5. The van der Waals surface area contributed by atoms with Gasteiger partial charge in [-0.05, 0) is 35.7 Å². The summed E-state index contributed by atoms with van der Waals surface area (Å²) >= 11 is 1.99. The normalized spacial score (nSPS) is 15.0. The van der Waals surface area contributed by atoms with E-state index in [9.17, 15) is 4.79 Å². The second-order valence-electron chi connectivity index (χ2n) is 5.93. The molecule has 0 heterocycles. The largest absolute Gasteiger partial charge is 0.496 e. The Bertz CT molecular complexity index is 680. The average Bonchev–Trinajstić information content (AvgIpc) is 3.10. The van der Waals surface area contributed by atoms with Crippen molar-refractivity contribution in [2.75, 3.05) is 19.4 Å². The Balaban J connectivity index is 1.62. The highest BCUT2D eigenvalue weighted by Gasteiger charge is 2.16. The lowest BCUT2D eigenvalue weighted by atomic mass is 10.1. The molecule has 0 saturated heterocycles. The first kappa shape index (κ1) is 16.2. The third-order valence-electron chi connectivity index (χ3n) is 4.36. The molecule has 3 rings (SSSR count). The van der Waals surface area contributed by atoms with Crippen molar-refractivity contribution in [1.82, 2.24) is 5.32 Å². The number of nitrogens with one attached hydrogen (secondary N) is 1. The third kappa shape index (κ3) is 3.99. The molecule has 3 nitrogen and oxygen atoms in total. The Labute approximate surface area is 141 Å². The van der Waals surface area contributed by atoms with Gasteiger partial charge in [-0.15, -0.1) is 0 Å². The smallest absolute Gasteiger partial charge is 0.255 e. The van der Waals surface area contributed by atoms with Crippen LogP contribution in [0, 0.1) is 0 Å². The molecule has 0 aromatic heterocycles. The van der Waals surface area contributed by atoms with Crippen LogP contribution in [-0.4, -0.2) is 30.6 Å². The van der Waals surface area contributed by atoms with Crippen molar-refractivity contribution < 1.29 is 9.53 Å². The van der Waals surface area contributed by atoms with Crippen LogP contribution in [0.2, 0.25) is 0 Å². The van der Waals surface area contributed by atoms with Crippen molar-refractivity contribution in [3.05, 3.63) is 42.0 Å². The van der Waals surface area contributed by atoms with Crippen LogP contribution in [0.3, 0.4) is 0 Å². The Hall–Kier alpha value is -1.68. The molecule has 0 atom stereocenters. The molecule has 1 aliphatic carbocycles. The van der Waals surface area contributed by atoms with Gasteiger partial charge >= 0.3 is 0 Å². The van der Waals surface area contributed by atoms with Gasteiger partial charge in [0.25, 0.3) is 5.91 Å². The molecular formula is C19H23NO2S. The first-order chi connectivity index (χ1) is 11.3. The number of carbonyl (C=O) groups is 1. The van der Waals surface area contributed by atoms with E-state index in [1.54, 1.807) is 7.11 Å². The van der Waals surface area contributed by atoms with Gasteiger partial charge in [-0.25, -0.2) is 0 Å². The van der Waals surface area contributed by atoms with Gasteiger partial charge in [0.05, 0.1) is 12.7 Å². The molecule has 23 heavy (non-hydrogen) atoms. The number of fused-ring (bicyclic) bond motifs is 1. The zero-order valence-corrected chi connectivity index (χ0v) is 14.3. The van der Waals surface area contributed by atoms with E-state index in [1.165, 1.54) is 25.7 Å². The predicted molar refractivity (Wildman–Crippen MR) is 97.5 cm³/mol. The molecule has 0 radical (unpaired) electrons. The first-order valence-electron chi connectivity index (χ1n) is 8.24. The lowest BCUT2D eigenvalue weighted by Gasteiger charge is -2.12. The van der Waals surface area contributed by atoms with Gasteiger partial charge in [0.2, 0.25) is 0 Å². The molecule has 1 amide bonds. The number of hydrogen-bond acceptors (Lipinski definition) is 3. The molecule has 0 bridgehead atoms. The van der Waals surface area contributed by atoms with E-state index >= 15 is 0 Å². The molecule has 0 spiro atoms. The molecule has 1 N–H and O–H groups in total. The standard InChI is InChI=1S/C19H23NO2S/c1-22-18-13-15-7-3-2-6-14(15)12-17(18)19(21)20-10-11-23-16-8-4-5-9-16/h2-3,6-7,12-13,16H,4-5,8-11H2,1H3,(H,20,21). The minimum atomic E-state index is -0.0559. The number of hydrogen-bond donors (Lipinski definition) is 1. The minimum absolute atomic E-state index is 0.0559. The summed E-state index contributed by atoms with van der Waals surface area (Å²) in [5.74, 6) is 1.55. The van der Waals surface area contributed by atoms with Crippen LogP contribution in [0.5, 0.6) is 5.75 Å². The number of amides is 1. The van der Waals surface area contributed by atoms with Gasteiger partial charge in [-0.1, -0.05) is 37.1 Å². The number of benzene rings is 2. The summed E-state index contributed by atoms with van der Waals surface area (Å²) in [6.07, 6.45) is 5.38. The Morgan fingerprint density at radius 2 is 1.91 bits per heavy atom. The van der Waals surface area contributed by atoms with Gasteiger partial charge in [0.15, 0.2) is 0 Å². The molecule has 2 aromatic carbocycles. The van der Waals surface area contributed by atoms with Crippen molar-refractivity contribution in [1.29, 1.82) is 0 Å². The molecule has 1 fully saturated rings. The van der Waals surface area contributed by atoms with Gasteiger partial charge < -0.3 is 10.1 Å². The fourth-order valence-corrected chi connectivity index (χ4v) is 4.33. The molecule has 122 valence electrons. The Morgan fingerprint density at radius 1 is 1.22 bits per heavy atom. The fourth-order valence-electron chi connectivity index (χ4n) is 3.11.